The first-order chi connectivity index (χ1) is 14.2. The van der Waals surface area contributed by atoms with E-state index < -0.39 is 6.04 Å². The number of carbonyl (C=O) groups excluding carboxylic acids is 2. The molecule has 0 radical (unpaired) electrons. The number of benzene rings is 2. The number of carbonyl (C=O) groups is 2. The molecule has 146 valence electrons. The van der Waals surface area contributed by atoms with Crippen molar-refractivity contribution in [2.24, 2.45) is 0 Å². The van der Waals surface area contributed by atoms with Gasteiger partial charge in [-0.05, 0) is 65.8 Å². The summed E-state index contributed by atoms with van der Waals surface area (Å²) in [6.45, 7) is 0.387. The molecule has 0 fully saturated rings. The number of rotatable bonds is 3. The molecule has 1 atom stereocenters. The highest BCUT2D eigenvalue weighted by Crippen LogP contribution is 2.28. The first kappa shape index (κ1) is 17.7. The molecule has 1 aliphatic heterocycles. The second-order valence-electron chi connectivity index (χ2n) is 7.73. The molecule has 0 spiro atoms. The summed E-state index contributed by atoms with van der Waals surface area (Å²) in [5, 5.41) is 3.04. The fraction of sp³-hybridized carbons (Fsp3) is 0.250. The van der Waals surface area contributed by atoms with Gasteiger partial charge in [-0.15, -0.1) is 0 Å². The van der Waals surface area contributed by atoms with Crippen LogP contribution in [-0.4, -0.2) is 22.8 Å². The van der Waals surface area contributed by atoms with Crippen LogP contribution >= 0.6 is 0 Å². The monoisotopic (exact) mass is 386 g/mol. The molecule has 1 aromatic heterocycles. The van der Waals surface area contributed by atoms with E-state index in [0.29, 0.717) is 13.0 Å². The highest BCUT2D eigenvalue weighted by Gasteiger charge is 2.36. The van der Waals surface area contributed by atoms with E-state index >= 15 is 0 Å². The van der Waals surface area contributed by atoms with Crippen LogP contribution in [0.15, 0.2) is 65.3 Å². The molecule has 0 unspecified atom stereocenters. The smallest absolute Gasteiger partial charge is 0.290 e. The summed E-state index contributed by atoms with van der Waals surface area (Å²) >= 11 is 0. The number of anilines is 1. The van der Waals surface area contributed by atoms with Gasteiger partial charge in [0.15, 0.2) is 5.76 Å². The first-order valence-corrected chi connectivity index (χ1v) is 10.0. The summed E-state index contributed by atoms with van der Waals surface area (Å²) < 4.78 is 5.31. The number of fused-ring (bicyclic) bond motifs is 2. The molecule has 5 nitrogen and oxygen atoms in total. The molecule has 2 heterocycles. The van der Waals surface area contributed by atoms with E-state index in [2.05, 4.69) is 17.4 Å². The molecular formula is C24H22N2O3. The van der Waals surface area contributed by atoms with Gasteiger partial charge in [0, 0.05) is 18.7 Å². The van der Waals surface area contributed by atoms with Crippen LogP contribution < -0.4 is 5.32 Å². The van der Waals surface area contributed by atoms with Crippen molar-refractivity contribution >= 4 is 17.5 Å². The maximum Gasteiger partial charge on any atom is 0.290 e. The SMILES string of the molecule is O=C(Nc1ccc2c(c1)CCC2)[C@@H]1Cc2ccccc2CN1C(=O)c1ccco1. The van der Waals surface area contributed by atoms with Crippen LogP contribution in [0, 0.1) is 0 Å². The highest BCUT2D eigenvalue weighted by molar-refractivity contribution is 6.00. The zero-order valence-electron chi connectivity index (χ0n) is 16.1. The Balaban J connectivity index is 1.43. The maximum atomic E-state index is 13.2. The molecule has 0 saturated carbocycles. The Morgan fingerprint density at radius 2 is 1.76 bits per heavy atom. The van der Waals surface area contributed by atoms with E-state index in [9.17, 15) is 9.59 Å². The summed E-state index contributed by atoms with van der Waals surface area (Å²) in [7, 11) is 0. The Kier molecular flexibility index (Phi) is 4.43. The minimum atomic E-state index is -0.587. The summed E-state index contributed by atoms with van der Waals surface area (Å²) in [5.74, 6) is -0.185. The van der Waals surface area contributed by atoms with Crippen molar-refractivity contribution in [2.75, 3.05) is 5.32 Å². The van der Waals surface area contributed by atoms with Crippen LogP contribution in [0.2, 0.25) is 0 Å². The lowest BCUT2D eigenvalue weighted by atomic mass is 9.93. The quantitative estimate of drug-likeness (QED) is 0.741. The Morgan fingerprint density at radius 3 is 2.59 bits per heavy atom. The average molecular weight is 386 g/mol. The van der Waals surface area contributed by atoms with Crippen LogP contribution in [-0.2, 0) is 30.6 Å². The lowest BCUT2D eigenvalue weighted by Crippen LogP contribution is -2.50. The van der Waals surface area contributed by atoms with Gasteiger partial charge in [-0.2, -0.15) is 0 Å². The number of nitrogens with one attached hydrogen (secondary N) is 1. The Morgan fingerprint density at radius 1 is 0.931 bits per heavy atom. The van der Waals surface area contributed by atoms with Crippen LogP contribution in [0.4, 0.5) is 5.69 Å². The molecule has 5 rings (SSSR count). The predicted molar refractivity (Wildman–Crippen MR) is 110 cm³/mol. The Labute approximate surface area is 169 Å². The fourth-order valence-electron chi connectivity index (χ4n) is 4.39. The van der Waals surface area contributed by atoms with Crippen molar-refractivity contribution in [1.82, 2.24) is 4.90 Å². The van der Waals surface area contributed by atoms with Crippen LogP contribution in [0.1, 0.15) is 39.2 Å². The third kappa shape index (κ3) is 3.33. The zero-order valence-corrected chi connectivity index (χ0v) is 16.1. The second-order valence-corrected chi connectivity index (χ2v) is 7.73. The van der Waals surface area contributed by atoms with E-state index in [-0.39, 0.29) is 17.6 Å². The molecule has 2 aliphatic rings. The van der Waals surface area contributed by atoms with E-state index in [1.165, 1.54) is 17.4 Å². The normalized spacial score (nSPS) is 17.5. The average Bonchev–Trinajstić information content (AvgIpc) is 3.44. The van der Waals surface area contributed by atoms with Gasteiger partial charge >= 0.3 is 0 Å². The third-order valence-corrected chi connectivity index (χ3v) is 5.91. The fourth-order valence-corrected chi connectivity index (χ4v) is 4.39. The zero-order chi connectivity index (χ0) is 19.8. The highest BCUT2D eigenvalue weighted by atomic mass is 16.3. The minimum Gasteiger partial charge on any atom is -0.459 e. The molecule has 0 bridgehead atoms. The maximum absolute atomic E-state index is 13.2. The predicted octanol–water partition coefficient (Wildman–Crippen LogP) is 3.97. The molecule has 3 aromatic rings. The van der Waals surface area contributed by atoms with Gasteiger partial charge < -0.3 is 14.6 Å². The Bertz CT molecular complexity index is 1070. The van der Waals surface area contributed by atoms with Crippen molar-refractivity contribution < 1.29 is 14.0 Å². The largest absolute Gasteiger partial charge is 0.459 e. The van der Waals surface area contributed by atoms with E-state index in [1.54, 1.807) is 17.0 Å². The van der Waals surface area contributed by atoms with Crippen molar-refractivity contribution in [3.05, 3.63) is 88.9 Å². The lowest BCUT2D eigenvalue weighted by molar-refractivity contribution is -0.121. The van der Waals surface area contributed by atoms with Gasteiger partial charge in [0.1, 0.15) is 6.04 Å². The number of hydrogen-bond donors (Lipinski definition) is 1. The lowest BCUT2D eigenvalue weighted by Gasteiger charge is -2.35. The molecule has 5 heteroatoms. The van der Waals surface area contributed by atoms with Gasteiger partial charge in [-0.1, -0.05) is 30.3 Å². The van der Waals surface area contributed by atoms with Gasteiger partial charge in [-0.25, -0.2) is 0 Å². The van der Waals surface area contributed by atoms with Crippen LogP contribution in [0.5, 0.6) is 0 Å². The number of aryl methyl sites for hydroxylation is 2. The summed E-state index contributed by atoms with van der Waals surface area (Å²) in [5.41, 5.74) is 5.63. The van der Waals surface area contributed by atoms with Gasteiger partial charge in [0.05, 0.1) is 6.26 Å². The molecule has 2 amide bonds. The van der Waals surface area contributed by atoms with Gasteiger partial charge in [-0.3, -0.25) is 9.59 Å². The number of furan rings is 1. The van der Waals surface area contributed by atoms with Crippen molar-refractivity contribution in [2.45, 2.75) is 38.3 Å². The number of amides is 2. The van der Waals surface area contributed by atoms with Crippen molar-refractivity contribution in [3.8, 4) is 0 Å². The van der Waals surface area contributed by atoms with Crippen LogP contribution in [0.3, 0.4) is 0 Å². The van der Waals surface area contributed by atoms with Gasteiger partial charge in [0.2, 0.25) is 5.91 Å². The molecule has 2 aromatic carbocycles. The Hall–Kier alpha value is -3.34. The number of hydrogen-bond acceptors (Lipinski definition) is 3. The minimum absolute atomic E-state index is 0.169. The topological polar surface area (TPSA) is 62.6 Å². The molecule has 0 saturated heterocycles. The first-order valence-electron chi connectivity index (χ1n) is 10.0. The summed E-state index contributed by atoms with van der Waals surface area (Å²) in [4.78, 5) is 27.9. The van der Waals surface area contributed by atoms with Crippen molar-refractivity contribution in [1.29, 1.82) is 0 Å². The summed E-state index contributed by atoms with van der Waals surface area (Å²) in [6.07, 6.45) is 5.29. The summed E-state index contributed by atoms with van der Waals surface area (Å²) in [6, 6.07) is 16.8. The molecule has 1 N–H and O–H groups in total. The number of nitrogens with zero attached hydrogens (tertiary/aromatic N) is 1. The van der Waals surface area contributed by atoms with Crippen molar-refractivity contribution in [3.63, 3.8) is 0 Å². The standard InChI is InChI=1S/C24H22N2O3/c27-23(25-20-11-10-16-7-3-8-17(16)13-20)21-14-18-5-1-2-6-19(18)15-26(21)24(28)22-9-4-12-29-22/h1-2,4-6,9-13,21H,3,7-8,14-15H2,(H,25,27)/t21-/m0/s1. The molecule has 1 aliphatic carbocycles. The second kappa shape index (κ2) is 7.24. The molecular weight excluding hydrogens is 364 g/mol. The van der Waals surface area contributed by atoms with Gasteiger partial charge in [0.25, 0.3) is 5.91 Å². The van der Waals surface area contributed by atoms with E-state index in [0.717, 1.165) is 36.1 Å². The van der Waals surface area contributed by atoms with Crippen LogP contribution in [0.25, 0.3) is 0 Å². The third-order valence-electron chi connectivity index (χ3n) is 5.91. The molecule has 29 heavy (non-hydrogen) atoms. The van der Waals surface area contributed by atoms with E-state index in [1.807, 2.05) is 30.3 Å². The van der Waals surface area contributed by atoms with E-state index in [4.69, 9.17) is 4.42 Å².